The number of rotatable bonds is 14. The quantitative estimate of drug-likeness (QED) is 0.162. The van der Waals surface area contributed by atoms with Crippen LogP contribution in [-0.2, 0) is 51.7 Å². The number of ether oxygens (including phenoxy) is 4. The summed E-state index contributed by atoms with van der Waals surface area (Å²) in [5.74, 6) is -4.57. The molecule has 0 saturated heterocycles. The number of carbonyl (C=O) groups is 4. The summed E-state index contributed by atoms with van der Waals surface area (Å²) in [6.45, 7) is 7.68. The molecule has 192 valence electrons. The Morgan fingerprint density at radius 1 is 0.818 bits per heavy atom. The van der Waals surface area contributed by atoms with Crippen LogP contribution in [0.4, 0.5) is 0 Å². The second-order valence-electron chi connectivity index (χ2n) is 9.15. The molecule has 13 heteroatoms. The van der Waals surface area contributed by atoms with Crippen LogP contribution in [0.1, 0.15) is 54.4 Å². The van der Waals surface area contributed by atoms with E-state index >= 15 is 0 Å². The van der Waals surface area contributed by atoms with E-state index in [0.717, 1.165) is 0 Å². The summed E-state index contributed by atoms with van der Waals surface area (Å²) < 4.78 is 43.0. The number of carbonyl (C=O) groups excluding carboxylic acids is 3. The van der Waals surface area contributed by atoms with Gasteiger partial charge in [-0.25, -0.2) is 0 Å². The predicted octanol–water partition coefficient (Wildman–Crippen LogP) is 2.93. The molecule has 0 aromatic carbocycles. The lowest BCUT2D eigenvalue weighted by Gasteiger charge is -2.24. The summed E-state index contributed by atoms with van der Waals surface area (Å²) in [5, 5.41) is 8.95. The molecule has 0 rings (SSSR count). The Morgan fingerprint density at radius 3 is 1.64 bits per heavy atom. The van der Waals surface area contributed by atoms with E-state index in [1.807, 2.05) is 0 Å². The molecule has 0 aliphatic rings. The molecule has 0 fully saturated rings. The Kier molecular flexibility index (Phi) is 12.8. The van der Waals surface area contributed by atoms with Crippen molar-refractivity contribution in [3.8, 4) is 0 Å². The van der Waals surface area contributed by atoms with Crippen LogP contribution in [0.5, 0.6) is 0 Å². The molecule has 0 aliphatic carbocycles. The average molecular weight is 498 g/mol. The normalized spacial score (nSPS) is 13.2. The van der Waals surface area contributed by atoms with Gasteiger partial charge in [-0.3, -0.25) is 32.8 Å². The highest BCUT2D eigenvalue weighted by molar-refractivity contribution is 7.53. The largest absolute Gasteiger partial charge is 0.481 e. The maximum absolute atomic E-state index is 13.3. The van der Waals surface area contributed by atoms with Gasteiger partial charge in [-0.05, 0) is 48.0 Å². The van der Waals surface area contributed by atoms with Gasteiger partial charge in [0, 0.05) is 13.5 Å². The molecule has 0 saturated carbocycles. The first-order chi connectivity index (χ1) is 15.0. The lowest BCUT2D eigenvalue weighted by atomic mass is 9.98. The maximum Gasteiger partial charge on any atom is 0.337 e. The standard InChI is InChI=1S/C20H35O12P/c1-19(2,3)17(24)29-12-31-33(26,32-13-30-18(25)20(4,5)6)10-14(8-9-15(21)22)16(23)28-11-27-7/h14H,8-13H2,1-7H3,(H,21,22). The summed E-state index contributed by atoms with van der Waals surface area (Å²) in [7, 11) is -2.95. The highest BCUT2D eigenvalue weighted by Crippen LogP contribution is 2.50. The van der Waals surface area contributed by atoms with Gasteiger partial charge < -0.3 is 24.1 Å². The molecular weight excluding hydrogens is 463 g/mol. The van der Waals surface area contributed by atoms with Crippen molar-refractivity contribution in [3.63, 3.8) is 0 Å². The molecule has 1 N–H and O–H groups in total. The van der Waals surface area contributed by atoms with Crippen molar-refractivity contribution in [1.82, 2.24) is 0 Å². The molecule has 0 aromatic heterocycles. The Balaban J connectivity index is 5.47. The third-order valence-corrected chi connectivity index (χ3v) is 5.79. The Hall–Kier alpha value is -2.01. The third-order valence-electron chi connectivity index (χ3n) is 3.91. The van der Waals surface area contributed by atoms with E-state index in [4.69, 9.17) is 28.4 Å². The van der Waals surface area contributed by atoms with Gasteiger partial charge in [0.25, 0.3) is 0 Å². The van der Waals surface area contributed by atoms with Crippen molar-refractivity contribution in [2.75, 3.05) is 33.7 Å². The van der Waals surface area contributed by atoms with Gasteiger partial charge in [0.15, 0.2) is 6.79 Å². The summed E-state index contributed by atoms with van der Waals surface area (Å²) in [6.07, 6.45) is -1.27. The van der Waals surface area contributed by atoms with Crippen LogP contribution < -0.4 is 0 Å². The van der Waals surface area contributed by atoms with Crippen LogP contribution in [0.15, 0.2) is 0 Å². The lowest BCUT2D eigenvalue weighted by Crippen LogP contribution is -2.27. The average Bonchev–Trinajstić information content (AvgIpc) is 2.67. The van der Waals surface area contributed by atoms with Crippen molar-refractivity contribution >= 4 is 31.5 Å². The van der Waals surface area contributed by atoms with Crippen molar-refractivity contribution in [2.24, 2.45) is 16.7 Å². The minimum atomic E-state index is -4.23. The fraction of sp³-hybridized carbons (Fsp3) is 0.800. The van der Waals surface area contributed by atoms with Gasteiger partial charge in [0.2, 0.25) is 13.6 Å². The molecule has 0 amide bonds. The van der Waals surface area contributed by atoms with Crippen LogP contribution in [-0.4, -0.2) is 62.6 Å². The van der Waals surface area contributed by atoms with E-state index in [2.05, 4.69) is 4.74 Å². The van der Waals surface area contributed by atoms with E-state index < -0.39 is 81.2 Å². The first-order valence-corrected chi connectivity index (χ1v) is 11.8. The maximum atomic E-state index is 13.3. The Bertz CT molecular complexity index is 684. The lowest BCUT2D eigenvalue weighted by molar-refractivity contribution is -0.163. The Labute approximate surface area is 193 Å². The third kappa shape index (κ3) is 13.3. The molecule has 1 unspecified atom stereocenters. The van der Waals surface area contributed by atoms with E-state index in [1.54, 1.807) is 41.5 Å². The van der Waals surface area contributed by atoms with Crippen molar-refractivity contribution in [1.29, 1.82) is 0 Å². The van der Waals surface area contributed by atoms with Crippen molar-refractivity contribution < 1.29 is 56.8 Å². The molecule has 0 spiro atoms. The highest BCUT2D eigenvalue weighted by atomic mass is 31.2. The molecule has 0 heterocycles. The zero-order valence-electron chi connectivity index (χ0n) is 20.2. The zero-order chi connectivity index (χ0) is 25.9. The van der Waals surface area contributed by atoms with Crippen molar-refractivity contribution in [2.45, 2.75) is 54.4 Å². The predicted molar refractivity (Wildman–Crippen MR) is 114 cm³/mol. The Morgan fingerprint density at radius 2 is 1.27 bits per heavy atom. The van der Waals surface area contributed by atoms with Gasteiger partial charge in [-0.15, -0.1) is 0 Å². The molecule has 33 heavy (non-hydrogen) atoms. The van der Waals surface area contributed by atoms with Gasteiger partial charge in [-0.1, -0.05) is 0 Å². The van der Waals surface area contributed by atoms with Gasteiger partial charge in [-0.2, -0.15) is 0 Å². The van der Waals surface area contributed by atoms with Gasteiger partial charge >= 0.3 is 31.5 Å². The molecule has 1 atom stereocenters. The number of hydrogen-bond donors (Lipinski definition) is 1. The SMILES string of the molecule is COCOC(=O)C(CCC(=O)O)CP(=O)(OCOC(=O)C(C)(C)C)OCOC(=O)C(C)(C)C. The smallest absolute Gasteiger partial charge is 0.337 e. The van der Waals surface area contributed by atoms with Crippen LogP contribution in [0.25, 0.3) is 0 Å². The molecule has 0 radical (unpaired) electrons. The summed E-state index contributed by atoms with van der Waals surface area (Å²) in [6, 6.07) is 0. The van der Waals surface area contributed by atoms with Gasteiger partial charge in [0.1, 0.15) is 0 Å². The highest BCUT2D eigenvalue weighted by Gasteiger charge is 2.36. The molecule has 0 bridgehead atoms. The van der Waals surface area contributed by atoms with Crippen LogP contribution in [0, 0.1) is 16.7 Å². The summed E-state index contributed by atoms with van der Waals surface area (Å²) >= 11 is 0. The number of esters is 3. The van der Waals surface area contributed by atoms with Gasteiger partial charge in [0.05, 0.1) is 22.9 Å². The van der Waals surface area contributed by atoms with E-state index in [9.17, 15) is 23.7 Å². The minimum Gasteiger partial charge on any atom is -0.481 e. The first kappa shape index (κ1) is 31.0. The van der Waals surface area contributed by atoms with E-state index in [-0.39, 0.29) is 6.42 Å². The topological polar surface area (TPSA) is 161 Å². The number of carboxylic acids is 1. The minimum absolute atomic E-state index is 0.238. The fourth-order valence-electron chi connectivity index (χ4n) is 1.98. The van der Waals surface area contributed by atoms with Crippen LogP contribution in [0.2, 0.25) is 0 Å². The molecular formula is C20H35O12P. The number of aliphatic carboxylic acids is 1. The number of carboxylic acid groups (broad SMARTS) is 1. The summed E-state index contributed by atoms with van der Waals surface area (Å²) in [5.41, 5.74) is -1.71. The second-order valence-corrected chi connectivity index (χ2v) is 11.3. The number of methoxy groups -OCH3 is 1. The number of hydrogen-bond acceptors (Lipinski definition) is 11. The monoisotopic (exact) mass is 498 g/mol. The van der Waals surface area contributed by atoms with Crippen LogP contribution in [0.3, 0.4) is 0 Å². The van der Waals surface area contributed by atoms with Crippen molar-refractivity contribution in [3.05, 3.63) is 0 Å². The van der Waals surface area contributed by atoms with E-state index in [0.29, 0.717) is 0 Å². The molecule has 0 aromatic rings. The molecule has 12 nitrogen and oxygen atoms in total. The molecule has 0 aliphatic heterocycles. The second kappa shape index (κ2) is 13.6. The van der Waals surface area contributed by atoms with Crippen LogP contribution >= 0.6 is 7.60 Å². The fourth-order valence-corrected chi connectivity index (χ4v) is 3.57. The van der Waals surface area contributed by atoms with E-state index in [1.165, 1.54) is 7.11 Å². The first-order valence-electron chi connectivity index (χ1n) is 10.1. The zero-order valence-corrected chi connectivity index (χ0v) is 21.1. The summed E-state index contributed by atoms with van der Waals surface area (Å²) in [4.78, 5) is 47.2.